The molecule has 0 saturated heterocycles. The fourth-order valence-corrected chi connectivity index (χ4v) is 7.59. The van der Waals surface area contributed by atoms with Crippen molar-refractivity contribution in [2.45, 2.75) is 213 Å². The number of allylic oxidation sites excluding steroid dienone is 22. The molecule has 3 unspecified atom stereocenters. The van der Waals surface area contributed by atoms with E-state index >= 15 is 0 Å². The minimum absolute atomic E-state index is 0.0885. The van der Waals surface area contributed by atoms with Crippen molar-refractivity contribution in [1.29, 1.82) is 0 Å². The maximum Gasteiger partial charge on any atom is 0.472 e. The fraction of sp³-hybridized carbons (Fsp3) is 0.597. The molecule has 0 aromatic heterocycles. The smallest absolute Gasteiger partial charge is 0.462 e. The van der Waals surface area contributed by atoms with Crippen LogP contribution in [0.4, 0.5) is 0 Å². The Balaban J connectivity index is 4.84. The van der Waals surface area contributed by atoms with Gasteiger partial charge in [-0.25, -0.2) is 4.57 Å². The van der Waals surface area contributed by atoms with E-state index in [2.05, 4.69) is 142 Å². The average Bonchev–Trinajstić information content (AvgIpc) is 3.39. The lowest BCUT2D eigenvalue weighted by Gasteiger charge is -2.21. The van der Waals surface area contributed by atoms with E-state index in [1.54, 1.807) is 0 Å². The highest BCUT2D eigenvalue weighted by Crippen LogP contribution is 2.43. The van der Waals surface area contributed by atoms with Gasteiger partial charge in [0.15, 0.2) is 6.10 Å². The Labute approximate surface area is 449 Å². The van der Waals surface area contributed by atoms with Gasteiger partial charge in [0.2, 0.25) is 0 Å². The summed E-state index contributed by atoms with van der Waals surface area (Å²) in [6.07, 6.45) is 68.5. The molecule has 0 aliphatic carbocycles. The molecule has 0 aliphatic rings. The standard InChI is InChI=1S/C62H99O11P/c1-4-7-10-13-16-19-22-24-26-28-29-31-33-35-38-41-44-47-50-53-62(66)73-59(55-69-60(64)51-48-45-42-39-36-21-18-15-12-9-6-3)57-71-74(67,68)70-56-58(54-63)72-61(65)52-49-46-43-40-37-34-32-30-27-25-23-20-17-14-11-8-5-2/h7-8,10-11,15-20,24-27,29,31-32,34-35,38,40,43,58-59,63H,4-6,9,12-14,21-23,28,30,33,36-37,39,41-42,44-57H2,1-3H3,(H,67,68)/b10-7-,11-8-,18-15-,19-16-,20-17-,26-24-,27-25-,31-29-,34-32-,38-35-,43-40-. The predicted molar refractivity (Wildman–Crippen MR) is 306 cm³/mol. The minimum atomic E-state index is -4.78. The van der Waals surface area contributed by atoms with Crippen molar-refractivity contribution in [3.8, 4) is 0 Å². The monoisotopic (exact) mass is 1050 g/mol. The largest absolute Gasteiger partial charge is 0.472 e. The Hall–Kier alpha value is -4.38. The molecule has 0 amide bonds. The number of phosphoric acid groups is 1. The van der Waals surface area contributed by atoms with E-state index in [9.17, 15) is 28.9 Å². The van der Waals surface area contributed by atoms with Crippen LogP contribution < -0.4 is 0 Å². The van der Waals surface area contributed by atoms with Crippen molar-refractivity contribution < 1.29 is 52.2 Å². The molecule has 3 atom stereocenters. The van der Waals surface area contributed by atoms with E-state index in [0.29, 0.717) is 25.7 Å². The van der Waals surface area contributed by atoms with Crippen LogP contribution in [-0.2, 0) is 42.2 Å². The second-order valence-electron chi connectivity index (χ2n) is 18.0. The van der Waals surface area contributed by atoms with Gasteiger partial charge in [0.25, 0.3) is 0 Å². The predicted octanol–water partition coefficient (Wildman–Crippen LogP) is 16.6. The first kappa shape index (κ1) is 69.6. The number of ether oxygens (including phenoxy) is 3. The summed E-state index contributed by atoms with van der Waals surface area (Å²) in [5.41, 5.74) is 0. The number of esters is 3. The molecule has 0 rings (SSSR count). The Morgan fingerprint density at radius 3 is 1.16 bits per heavy atom. The molecule has 0 fully saturated rings. The Morgan fingerprint density at radius 2 is 0.716 bits per heavy atom. The molecule has 11 nitrogen and oxygen atoms in total. The lowest BCUT2D eigenvalue weighted by Crippen LogP contribution is -2.30. The summed E-state index contributed by atoms with van der Waals surface area (Å²) in [4.78, 5) is 48.4. The number of carbonyl (C=O) groups is 3. The number of hydrogen-bond acceptors (Lipinski definition) is 10. The summed E-state index contributed by atoms with van der Waals surface area (Å²) in [6, 6.07) is 0. The van der Waals surface area contributed by atoms with Gasteiger partial charge in [-0.1, -0.05) is 193 Å². The fourth-order valence-electron chi connectivity index (χ4n) is 6.81. The number of hydrogen-bond donors (Lipinski definition) is 2. The second-order valence-corrected chi connectivity index (χ2v) is 19.4. The normalized spacial score (nSPS) is 14.4. The molecule has 2 N–H and O–H groups in total. The van der Waals surface area contributed by atoms with Gasteiger partial charge in [-0.15, -0.1) is 0 Å². The maximum absolute atomic E-state index is 12.9. The number of aliphatic hydroxyl groups excluding tert-OH is 1. The Morgan fingerprint density at radius 1 is 0.392 bits per heavy atom. The van der Waals surface area contributed by atoms with E-state index in [4.69, 9.17) is 23.3 Å². The molecule has 0 radical (unpaired) electrons. The van der Waals surface area contributed by atoms with Crippen molar-refractivity contribution in [3.05, 3.63) is 134 Å². The molecule has 0 heterocycles. The third kappa shape index (κ3) is 52.5. The summed E-state index contributed by atoms with van der Waals surface area (Å²) in [6.45, 7) is 4.24. The third-order valence-electron chi connectivity index (χ3n) is 11.0. The van der Waals surface area contributed by atoms with Crippen LogP contribution in [0.1, 0.15) is 201 Å². The first-order valence-electron chi connectivity index (χ1n) is 28.1. The highest BCUT2D eigenvalue weighted by Gasteiger charge is 2.28. The van der Waals surface area contributed by atoms with Crippen molar-refractivity contribution in [3.63, 3.8) is 0 Å². The van der Waals surface area contributed by atoms with Crippen LogP contribution in [0.5, 0.6) is 0 Å². The topological polar surface area (TPSA) is 155 Å². The first-order valence-corrected chi connectivity index (χ1v) is 29.6. The summed E-state index contributed by atoms with van der Waals surface area (Å²) < 4.78 is 39.4. The van der Waals surface area contributed by atoms with E-state index in [-0.39, 0.29) is 25.9 Å². The van der Waals surface area contributed by atoms with Crippen molar-refractivity contribution in [2.75, 3.05) is 26.4 Å². The lowest BCUT2D eigenvalue weighted by atomic mass is 10.1. The molecule has 0 aromatic carbocycles. The number of rotatable bonds is 50. The molecular weight excluding hydrogens is 952 g/mol. The van der Waals surface area contributed by atoms with E-state index in [1.807, 2.05) is 12.2 Å². The Bertz CT molecular complexity index is 1750. The lowest BCUT2D eigenvalue weighted by molar-refractivity contribution is -0.161. The molecule has 0 saturated carbocycles. The maximum atomic E-state index is 12.9. The summed E-state index contributed by atoms with van der Waals surface area (Å²) in [7, 11) is -4.78. The van der Waals surface area contributed by atoms with Crippen LogP contribution in [0.25, 0.3) is 0 Å². The van der Waals surface area contributed by atoms with Crippen LogP contribution in [0.15, 0.2) is 134 Å². The zero-order chi connectivity index (χ0) is 54.1. The van der Waals surface area contributed by atoms with E-state index in [0.717, 1.165) is 122 Å². The van der Waals surface area contributed by atoms with Crippen LogP contribution in [0.3, 0.4) is 0 Å². The number of phosphoric ester groups is 1. The molecular formula is C62H99O11P. The van der Waals surface area contributed by atoms with Crippen LogP contribution in [0, 0.1) is 0 Å². The highest BCUT2D eigenvalue weighted by molar-refractivity contribution is 7.47. The van der Waals surface area contributed by atoms with Gasteiger partial charge < -0.3 is 24.2 Å². The quantitative estimate of drug-likeness (QED) is 0.0197. The van der Waals surface area contributed by atoms with E-state index in [1.165, 1.54) is 12.8 Å². The summed E-state index contributed by atoms with van der Waals surface area (Å²) in [5, 5.41) is 9.80. The van der Waals surface area contributed by atoms with Crippen molar-refractivity contribution in [2.24, 2.45) is 0 Å². The van der Waals surface area contributed by atoms with Gasteiger partial charge in [-0.3, -0.25) is 23.4 Å². The Kier molecular flexibility index (Phi) is 51.6. The summed E-state index contributed by atoms with van der Waals surface area (Å²) >= 11 is 0. The average molecular weight is 1050 g/mol. The molecule has 0 bridgehead atoms. The highest BCUT2D eigenvalue weighted by atomic mass is 31.2. The van der Waals surface area contributed by atoms with E-state index < -0.39 is 57.8 Å². The number of aliphatic hydroxyl groups is 1. The molecule has 0 aliphatic heterocycles. The third-order valence-corrected chi connectivity index (χ3v) is 12.0. The van der Waals surface area contributed by atoms with Crippen LogP contribution in [0.2, 0.25) is 0 Å². The SMILES string of the molecule is CC/C=C\C/C=C\C/C=C\C/C=C\C/C=C\CCCCCC(=O)OC(COC(=O)CCCCCCC/C=C\CCCC)COP(=O)(O)OCC(CO)OC(=O)CCC/C=C\C/C=C\C/C=C\C/C=C\C/C=C\CC. The van der Waals surface area contributed by atoms with Gasteiger partial charge in [0.1, 0.15) is 12.7 Å². The van der Waals surface area contributed by atoms with Crippen molar-refractivity contribution >= 4 is 25.7 Å². The second kappa shape index (κ2) is 54.9. The summed E-state index contributed by atoms with van der Waals surface area (Å²) in [5.74, 6) is -1.59. The van der Waals surface area contributed by atoms with Gasteiger partial charge in [0.05, 0.1) is 19.8 Å². The minimum Gasteiger partial charge on any atom is -0.462 e. The zero-order valence-corrected chi connectivity index (χ0v) is 46.9. The van der Waals surface area contributed by atoms with Gasteiger partial charge in [-0.2, -0.15) is 0 Å². The molecule has 0 aromatic rings. The van der Waals surface area contributed by atoms with Gasteiger partial charge >= 0.3 is 25.7 Å². The van der Waals surface area contributed by atoms with Crippen LogP contribution in [-0.4, -0.2) is 66.5 Å². The molecule has 12 heteroatoms. The number of unbranched alkanes of at least 4 members (excludes halogenated alkanes) is 11. The molecule has 0 spiro atoms. The van der Waals surface area contributed by atoms with Gasteiger partial charge in [0, 0.05) is 19.3 Å². The zero-order valence-electron chi connectivity index (χ0n) is 46.0. The first-order chi connectivity index (χ1) is 36.2. The van der Waals surface area contributed by atoms with Crippen molar-refractivity contribution in [1.82, 2.24) is 0 Å². The van der Waals surface area contributed by atoms with Gasteiger partial charge in [-0.05, 0) is 122 Å². The number of carbonyl (C=O) groups excluding carboxylic acids is 3. The molecule has 74 heavy (non-hydrogen) atoms. The van der Waals surface area contributed by atoms with Crippen LogP contribution >= 0.6 is 7.82 Å². The molecule has 418 valence electrons.